The van der Waals surface area contributed by atoms with Crippen molar-refractivity contribution < 1.29 is 24.0 Å². The largest absolute Gasteiger partial charge is 0.497 e. The van der Waals surface area contributed by atoms with Crippen molar-refractivity contribution >= 4 is 56.9 Å². The number of nitro benzene ring substituents is 1. The zero-order chi connectivity index (χ0) is 25.5. The number of carbonyl (C=O) groups excluding carboxylic acids is 2. The molecule has 0 aliphatic carbocycles. The molecule has 9 nitrogen and oxygen atoms in total. The van der Waals surface area contributed by atoms with Gasteiger partial charge in [-0.3, -0.25) is 14.9 Å². The third-order valence-electron chi connectivity index (χ3n) is 4.57. The Morgan fingerprint density at radius 1 is 1.14 bits per heavy atom. The van der Waals surface area contributed by atoms with Gasteiger partial charge in [0.1, 0.15) is 28.2 Å². The SMILES string of the molecule is COc1ccc(C(=O)Oc2ccc(Br)cc2/C=C(\C#N)C(=O)Nc2ccc(Cl)c([N+](=O)[O-])c2)cc1. The number of halogens is 2. The van der Waals surface area contributed by atoms with E-state index in [-0.39, 0.29) is 33.2 Å². The number of nitrogens with zero attached hydrogens (tertiary/aromatic N) is 2. The van der Waals surface area contributed by atoms with Crippen molar-refractivity contribution in [3.8, 4) is 17.6 Å². The molecule has 0 radical (unpaired) electrons. The first-order chi connectivity index (χ1) is 16.7. The van der Waals surface area contributed by atoms with Gasteiger partial charge < -0.3 is 14.8 Å². The highest BCUT2D eigenvalue weighted by Gasteiger charge is 2.17. The summed E-state index contributed by atoms with van der Waals surface area (Å²) < 4.78 is 11.2. The van der Waals surface area contributed by atoms with Gasteiger partial charge in [-0.25, -0.2) is 4.79 Å². The number of esters is 1. The van der Waals surface area contributed by atoms with E-state index < -0.39 is 22.5 Å². The summed E-state index contributed by atoms with van der Waals surface area (Å²) in [5.41, 5.74) is -0.108. The number of hydrogen-bond acceptors (Lipinski definition) is 7. The topological polar surface area (TPSA) is 132 Å². The lowest BCUT2D eigenvalue weighted by Gasteiger charge is -2.10. The van der Waals surface area contributed by atoms with Crippen LogP contribution in [0.25, 0.3) is 6.08 Å². The summed E-state index contributed by atoms with van der Waals surface area (Å²) in [6.45, 7) is 0. The Hall–Kier alpha value is -4.20. The first-order valence-corrected chi connectivity index (χ1v) is 10.9. The number of nitriles is 1. The molecule has 3 aromatic carbocycles. The lowest BCUT2D eigenvalue weighted by molar-refractivity contribution is -0.384. The van der Waals surface area contributed by atoms with Gasteiger partial charge in [0.15, 0.2) is 0 Å². The summed E-state index contributed by atoms with van der Waals surface area (Å²) in [6, 6.07) is 16.5. The molecule has 3 aromatic rings. The number of ether oxygens (including phenoxy) is 2. The summed E-state index contributed by atoms with van der Waals surface area (Å²) in [5, 5.41) is 23.0. The maximum absolute atomic E-state index is 12.7. The van der Waals surface area contributed by atoms with Crippen LogP contribution in [0.3, 0.4) is 0 Å². The van der Waals surface area contributed by atoms with Crippen molar-refractivity contribution in [2.24, 2.45) is 0 Å². The second kappa shape index (κ2) is 11.3. The molecule has 35 heavy (non-hydrogen) atoms. The molecule has 0 bridgehead atoms. The first-order valence-electron chi connectivity index (χ1n) is 9.74. The van der Waals surface area contributed by atoms with Gasteiger partial charge in [0.05, 0.1) is 17.6 Å². The third kappa shape index (κ3) is 6.44. The predicted octanol–water partition coefficient (Wildman–Crippen LogP) is 5.78. The van der Waals surface area contributed by atoms with Crippen molar-refractivity contribution in [2.75, 3.05) is 12.4 Å². The number of carbonyl (C=O) groups is 2. The average molecular weight is 557 g/mol. The van der Waals surface area contributed by atoms with Crippen LogP contribution in [-0.4, -0.2) is 23.9 Å². The maximum Gasteiger partial charge on any atom is 0.343 e. The third-order valence-corrected chi connectivity index (χ3v) is 5.38. The monoisotopic (exact) mass is 555 g/mol. The van der Waals surface area contributed by atoms with Crippen LogP contribution in [0.2, 0.25) is 5.02 Å². The first kappa shape index (κ1) is 25.4. The number of hydrogen-bond donors (Lipinski definition) is 1. The second-order valence-corrected chi connectivity index (χ2v) is 8.17. The average Bonchev–Trinajstić information content (AvgIpc) is 2.84. The Balaban J connectivity index is 1.87. The van der Waals surface area contributed by atoms with Crippen LogP contribution in [0.1, 0.15) is 15.9 Å². The number of anilines is 1. The Morgan fingerprint density at radius 3 is 2.49 bits per heavy atom. The fraction of sp³-hybridized carbons (Fsp3) is 0.0417. The summed E-state index contributed by atoms with van der Waals surface area (Å²) in [7, 11) is 1.50. The van der Waals surface area contributed by atoms with E-state index in [2.05, 4.69) is 21.2 Å². The molecular formula is C24H15BrClN3O6. The molecule has 0 aliphatic rings. The molecule has 0 unspecified atom stereocenters. The van der Waals surface area contributed by atoms with E-state index in [9.17, 15) is 25.0 Å². The molecule has 0 atom stereocenters. The van der Waals surface area contributed by atoms with Crippen LogP contribution >= 0.6 is 27.5 Å². The van der Waals surface area contributed by atoms with Gasteiger partial charge in [-0.05, 0) is 60.7 Å². The second-order valence-electron chi connectivity index (χ2n) is 6.85. The molecule has 176 valence electrons. The van der Waals surface area contributed by atoms with Crippen LogP contribution < -0.4 is 14.8 Å². The maximum atomic E-state index is 12.7. The lowest BCUT2D eigenvalue weighted by Crippen LogP contribution is -2.14. The fourth-order valence-electron chi connectivity index (χ4n) is 2.84. The van der Waals surface area contributed by atoms with Gasteiger partial charge in [0, 0.05) is 21.8 Å². The molecule has 0 spiro atoms. The summed E-state index contributed by atoms with van der Waals surface area (Å²) in [4.78, 5) is 35.7. The van der Waals surface area contributed by atoms with Crippen LogP contribution in [-0.2, 0) is 4.79 Å². The highest BCUT2D eigenvalue weighted by Crippen LogP contribution is 2.29. The van der Waals surface area contributed by atoms with Gasteiger partial charge in [-0.2, -0.15) is 5.26 Å². The Kier molecular flexibility index (Phi) is 8.20. The Morgan fingerprint density at radius 2 is 1.86 bits per heavy atom. The number of methoxy groups -OCH3 is 1. The van der Waals surface area contributed by atoms with Gasteiger partial charge in [0.25, 0.3) is 11.6 Å². The van der Waals surface area contributed by atoms with E-state index in [1.165, 1.54) is 43.5 Å². The molecule has 0 aliphatic heterocycles. The molecule has 0 saturated carbocycles. The van der Waals surface area contributed by atoms with Gasteiger partial charge in [0.2, 0.25) is 0 Å². The molecule has 3 rings (SSSR count). The summed E-state index contributed by atoms with van der Waals surface area (Å²) in [6.07, 6.45) is 1.24. The van der Waals surface area contributed by atoms with Gasteiger partial charge in [-0.1, -0.05) is 27.5 Å². The quantitative estimate of drug-likeness (QED) is 0.0973. The number of nitrogens with one attached hydrogen (secondary N) is 1. The Labute approximate surface area is 212 Å². The summed E-state index contributed by atoms with van der Waals surface area (Å²) >= 11 is 9.10. The number of rotatable bonds is 7. The van der Waals surface area contributed by atoms with Crippen LogP contribution in [0.5, 0.6) is 11.5 Å². The smallest absolute Gasteiger partial charge is 0.343 e. The molecule has 1 N–H and O–H groups in total. The minimum atomic E-state index is -0.823. The number of nitro groups is 1. The lowest BCUT2D eigenvalue weighted by atomic mass is 10.1. The molecule has 0 fully saturated rings. The number of benzene rings is 3. The van der Waals surface area contributed by atoms with Crippen molar-refractivity contribution in [3.63, 3.8) is 0 Å². The highest BCUT2D eigenvalue weighted by atomic mass is 79.9. The van der Waals surface area contributed by atoms with Crippen LogP contribution in [0, 0.1) is 21.4 Å². The summed E-state index contributed by atoms with van der Waals surface area (Å²) in [5.74, 6) is -0.793. The minimum Gasteiger partial charge on any atom is -0.497 e. The zero-order valence-corrected chi connectivity index (χ0v) is 20.3. The molecule has 0 aromatic heterocycles. The molecule has 1 amide bonds. The molecular weight excluding hydrogens is 542 g/mol. The fourth-order valence-corrected chi connectivity index (χ4v) is 3.41. The molecule has 11 heteroatoms. The normalized spacial score (nSPS) is 10.7. The van der Waals surface area contributed by atoms with Crippen LogP contribution in [0.4, 0.5) is 11.4 Å². The van der Waals surface area contributed by atoms with E-state index in [1.54, 1.807) is 30.3 Å². The Bertz CT molecular complexity index is 1380. The van der Waals surface area contributed by atoms with Crippen molar-refractivity contribution in [1.29, 1.82) is 5.26 Å². The minimum absolute atomic E-state index is 0.0765. The van der Waals surface area contributed by atoms with E-state index in [4.69, 9.17) is 21.1 Å². The van der Waals surface area contributed by atoms with E-state index in [1.807, 2.05) is 0 Å². The van der Waals surface area contributed by atoms with Crippen molar-refractivity contribution in [2.45, 2.75) is 0 Å². The standard InChI is InChI=1S/C24H15BrClN3O6/c1-34-19-6-2-14(3-7-19)24(31)35-22-9-4-17(25)11-15(22)10-16(13-27)23(30)28-18-5-8-20(26)21(12-18)29(32)33/h2-12H,1H3,(H,28,30)/b16-10+. The molecule has 0 heterocycles. The zero-order valence-electron chi connectivity index (χ0n) is 18.0. The van der Waals surface area contributed by atoms with E-state index in [0.29, 0.717) is 10.2 Å². The van der Waals surface area contributed by atoms with Crippen molar-refractivity contribution in [1.82, 2.24) is 0 Å². The van der Waals surface area contributed by atoms with E-state index in [0.717, 1.165) is 6.07 Å². The van der Waals surface area contributed by atoms with E-state index >= 15 is 0 Å². The molecule has 0 saturated heterocycles. The van der Waals surface area contributed by atoms with Gasteiger partial charge >= 0.3 is 5.97 Å². The highest BCUT2D eigenvalue weighted by molar-refractivity contribution is 9.10. The van der Waals surface area contributed by atoms with Crippen LogP contribution in [0.15, 0.2) is 70.7 Å². The predicted molar refractivity (Wildman–Crippen MR) is 132 cm³/mol. The van der Waals surface area contributed by atoms with Crippen molar-refractivity contribution in [3.05, 3.63) is 97.0 Å². The number of amides is 1. The van der Waals surface area contributed by atoms with Gasteiger partial charge in [-0.15, -0.1) is 0 Å².